The van der Waals surface area contributed by atoms with Crippen molar-refractivity contribution in [3.05, 3.63) is 23.2 Å². The largest absolute Gasteiger partial charge is 0.337 e. The molecule has 6 heteroatoms. The van der Waals surface area contributed by atoms with E-state index in [2.05, 4.69) is 9.97 Å². The Morgan fingerprint density at radius 3 is 2.62 bits per heavy atom. The molecule has 1 aromatic heterocycles. The summed E-state index contributed by atoms with van der Waals surface area (Å²) in [5, 5.41) is 0.289. The molecule has 0 aromatic carbocycles. The van der Waals surface area contributed by atoms with E-state index in [4.69, 9.17) is 17.3 Å². The first-order valence-electron chi connectivity index (χ1n) is 5.19. The third-order valence-electron chi connectivity index (χ3n) is 2.67. The Morgan fingerprint density at radius 1 is 1.38 bits per heavy atom. The fourth-order valence-corrected chi connectivity index (χ4v) is 1.78. The van der Waals surface area contributed by atoms with Gasteiger partial charge in [0.2, 0.25) is 0 Å². The van der Waals surface area contributed by atoms with E-state index in [1.807, 2.05) is 0 Å². The van der Waals surface area contributed by atoms with Crippen LogP contribution in [0.3, 0.4) is 0 Å². The number of likely N-dealkylation sites (tertiary alicyclic amines) is 1. The number of piperidine rings is 1. The van der Waals surface area contributed by atoms with E-state index >= 15 is 0 Å². The van der Waals surface area contributed by atoms with Crippen LogP contribution in [-0.2, 0) is 0 Å². The van der Waals surface area contributed by atoms with Crippen LogP contribution in [-0.4, -0.2) is 39.9 Å². The van der Waals surface area contributed by atoms with Gasteiger partial charge in [-0.15, -0.1) is 0 Å². The third kappa shape index (κ3) is 2.48. The van der Waals surface area contributed by atoms with Crippen LogP contribution in [0.5, 0.6) is 0 Å². The number of halogens is 1. The average Bonchev–Trinajstić information content (AvgIpc) is 2.30. The molecule has 0 bridgehead atoms. The average molecular weight is 241 g/mol. The van der Waals surface area contributed by atoms with Crippen molar-refractivity contribution in [1.29, 1.82) is 0 Å². The van der Waals surface area contributed by atoms with Crippen LogP contribution in [0, 0.1) is 0 Å². The molecule has 1 aliphatic heterocycles. The van der Waals surface area contributed by atoms with E-state index in [1.54, 1.807) is 4.90 Å². The molecule has 1 fully saturated rings. The molecule has 86 valence electrons. The van der Waals surface area contributed by atoms with Gasteiger partial charge in [0.1, 0.15) is 10.8 Å². The zero-order chi connectivity index (χ0) is 11.5. The molecule has 0 aliphatic carbocycles. The second-order valence-electron chi connectivity index (χ2n) is 3.85. The summed E-state index contributed by atoms with van der Waals surface area (Å²) in [7, 11) is 0. The molecular weight excluding hydrogens is 228 g/mol. The Balaban J connectivity index is 2.05. The van der Waals surface area contributed by atoms with Gasteiger partial charge < -0.3 is 10.6 Å². The Morgan fingerprint density at radius 2 is 2.06 bits per heavy atom. The molecule has 2 N–H and O–H groups in total. The van der Waals surface area contributed by atoms with Gasteiger partial charge in [-0.25, -0.2) is 9.97 Å². The molecule has 0 radical (unpaired) electrons. The standard InChI is InChI=1S/C10H13ClN4O/c11-9-6-13-8(5-14-9)10(16)15-3-1-7(12)2-4-15/h5-7H,1-4,12H2. The van der Waals surface area contributed by atoms with Crippen molar-refractivity contribution in [2.45, 2.75) is 18.9 Å². The van der Waals surface area contributed by atoms with Crippen LogP contribution in [0.25, 0.3) is 0 Å². The van der Waals surface area contributed by atoms with Crippen LogP contribution in [0.4, 0.5) is 0 Å². The molecular formula is C10H13ClN4O. The van der Waals surface area contributed by atoms with Crippen LogP contribution < -0.4 is 5.73 Å². The number of aromatic nitrogens is 2. The second-order valence-corrected chi connectivity index (χ2v) is 4.24. The van der Waals surface area contributed by atoms with Crippen molar-refractivity contribution in [2.75, 3.05) is 13.1 Å². The van der Waals surface area contributed by atoms with Crippen molar-refractivity contribution in [3.63, 3.8) is 0 Å². The molecule has 0 spiro atoms. The first-order valence-corrected chi connectivity index (χ1v) is 5.57. The van der Waals surface area contributed by atoms with E-state index in [1.165, 1.54) is 12.4 Å². The Kier molecular flexibility index (Phi) is 3.36. The monoisotopic (exact) mass is 240 g/mol. The normalized spacial score (nSPS) is 17.5. The van der Waals surface area contributed by atoms with E-state index < -0.39 is 0 Å². The van der Waals surface area contributed by atoms with Gasteiger partial charge in [0.05, 0.1) is 12.4 Å². The molecule has 1 saturated heterocycles. The fraction of sp³-hybridized carbons (Fsp3) is 0.500. The smallest absolute Gasteiger partial charge is 0.274 e. The summed E-state index contributed by atoms with van der Waals surface area (Å²) in [6.07, 6.45) is 4.46. The number of rotatable bonds is 1. The lowest BCUT2D eigenvalue weighted by atomic mass is 10.1. The number of carbonyl (C=O) groups excluding carboxylic acids is 1. The number of nitrogens with zero attached hydrogens (tertiary/aromatic N) is 3. The van der Waals surface area contributed by atoms with Gasteiger partial charge in [0.15, 0.2) is 0 Å². The van der Waals surface area contributed by atoms with Crippen LogP contribution in [0.15, 0.2) is 12.4 Å². The predicted octanol–water partition coefficient (Wildman–Crippen LogP) is 0.693. The van der Waals surface area contributed by atoms with Gasteiger partial charge in [-0.3, -0.25) is 4.79 Å². The van der Waals surface area contributed by atoms with Gasteiger partial charge >= 0.3 is 0 Å². The van der Waals surface area contributed by atoms with Gasteiger partial charge in [-0.1, -0.05) is 11.6 Å². The van der Waals surface area contributed by atoms with Gasteiger partial charge in [0.25, 0.3) is 5.91 Å². The highest BCUT2D eigenvalue weighted by Crippen LogP contribution is 2.11. The summed E-state index contributed by atoms with van der Waals surface area (Å²) >= 11 is 5.61. The second kappa shape index (κ2) is 4.76. The van der Waals surface area contributed by atoms with Crippen molar-refractivity contribution in [3.8, 4) is 0 Å². The van der Waals surface area contributed by atoms with E-state index in [-0.39, 0.29) is 17.1 Å². The summed E-state index contributed by atoms with van der Waals surface area (Å²) in [5.74, 6) is -0.101. The Hall–Kier alpha value is -1.20. The SMILES string of the molecule is NC1CCN(C(=O)c2cnc(Cl)cn2)CC1. The van der Waals surface area contributed by atoms with Crippen molar-refractivity contribution in [2.24, 2.45) is 5.73 Å². The minimum absolute atomic E-state index is 0.101. The number of carbonyl (C=O) groups is 1. The lowest BCUT2D eigenvalue weighted by molar-refractivity contribution is 0.0708. The molecule has 16 heavy (non-hydrogen) atoms. The fourth-order valence-electron chi connectivity index (χ4n) is 1.69. The molecule has 0 saturated carbocycles. The highest BCUT2D eigenvalue weighted by atomic mass is 35.5. The maximum Gasteiger partial charge on any atom is 0.274 e. The molecule has 1 amide bonds. The summed E-state index contributed by atoms with van der Waals surface area (Å²) in [4.78, 5) is 21.5. The number of amides is 1. The molecule has 0 atom stereocenters. The highest BCUT2D eigenvalue weighted by molar-refractivity contribution is 6.29. The van der Waals surface area contributed by atoms with E-state index in [0.29, 0.717) is 18.8 Å². The zero-order valence-electron chi connectivity index (χ0n) is 8.77. The highest BCUT2D eigenvalue weighted by Gasteiger charge is 2.22. The number of nitrogens with two attached hydrogens (primary N) is 1. The molecule has 0 unspecified atom stereocenters. The van der Waals surface area contributed by atoms with Crippen LogP contribution in [0.1, 0.15) is 23.3 Å². The number of hydrogen-bond acceptors (Lipinski definition) is 4. The molecule has 5 nitrogen and oxygen atoms in total. The maximum atomic E-state index is 12.0. The van der Waals surface area contributed by atoms with Crippen molar-refractivity contribution in [1.82, 2.24) is 14.9 Å². The first-order chi connectivity index (χ1) is 7.66. The van der Waals surface area contributed by atoms with Crippen molar-refractivity contribution < 1.29 is 4.79 Å². The maximum absolute atomic E-state index is 12.0. The minimum Gasteiger partial charge on any atom is -0.337 e. The third-order valence-corrected chi connectivity index (χ3v) is 2.86. The summed E-state index contributed by atoms with van der Waals surface area (Å²) < 4.78 is 0. The minimum atomic E-state index is -0.101. The Bertz CT molecular complexity index is 373. The summed E-state index contributed by atoms with van der Waals surface area (Å²) in [6.45, 7) is 1.37. The topological polar surface area (TPSA) is 72.1 Å². The summed E-state index contributed by atoms with van der Waals surface area (Å²) in [6, 6.07) is 0.209. The van der Waals surface area contributed by atoms with Crippen LogP contribution in [0.2, 0.25) is 5.15 Å². The lowest BCUT2D eigenvalue weighted by Crippen LogP contribution is -2.43. The molecule has 2 heterocycles. The van der Waals surface area contributed by atoms with E-state index in [9.17, 15) is 4.79 Å². The predicted molar refractivity (Wildman–Crippen MR) is 60.2 cm³/mol. The quantitative estimate of drug-likeness (QED) is 0.784. The van der Waals surface area contributed by atoms with Crippen LogP contribution >= 0.6 is 11.6 Å². The van der Waals surface area contributed by atoms with Gasteiger partial charge in [0, 0.05) is 19.1 Å². The Labute approximate surface area is 98.6 Å². The molecule has 1 aromatic rings. The van der Waals surface area contributed by atoms with Gasteiger partial charge in [-0.2, -0.15) is 0 Å². The number of hydrogen-bond donors (Lipinski definition) is 1. The van der Waals surface area contributed by atoms with Gasteiger partial charge in [-0.05, 0) is 12.8 Å². The lowest BCUT2D eigenvalue weighted by Gasteiger charge is -2.29. The molecule has 1 aliphatic rings. The summed E-state index contributed by atoms with van der Waals surface area (Å²) in [5.41, 5.74) is 6.11. The molecule has 2 rings (SSSR count). The van der Waals surface area contributed by atoms with E-state index in [0.717, 1.165) is 12.8 Å². The van der Waals surface area contributed by atoms with Crippen molar-refractivity contribution >= 4 is 17.5 Å². The first kappa shape index (κ1) is 11.3. The zero-order valence-corrected chi connectivity index (χ0v) is 9.52.